The van der Waals surface area contributed by atoms with Gasteiger partial charge in [-0.2, -0.15) is 0 Å². The van der Waals surface area contributed by atoms with Crippen molar-refractivity contribution >= 4 is 31.6 Å². The number of rotatable bonds is 8. The van der Waals surface area contributed by atoms with Crippen LogP contribution in [-0.2, 0) is 10.0 Å². The third kappa shape index (κ3) is 5.29. The first-order valence-corrected chi connectivity index (χ1v) is 9.61. The lowest BCUT2D eigenvalue weighted by Crippen LogP contribution is -2.29. The average molecular weight is 360 g/mol. The number of allylic oxidation sites excluding steroid dienone is 1. The van der Waals surface area contributed by atoms with Gasteiger partial charge in [0.25, 0.3) is 0 Å². The molecule has 0 saturated heterocycles. The van der Waals surface area contributed by atoms with Crippen LogP contribution in [0.15, 0.2) is 41.0 Å². The molecule has 0 fully saturated rings. The van der Waals surface area contributed by atoms with E-state index < -0.39 is 10.0 Å². The van der Waals surface area contributed by atoms with E-state index >= 15 is 0 Å². The Bertz CT molecular complexity index is 526. The Labute approximate surface area is 130 Å². The van der Waals surface area contributed by atoms with Gasteiger partial charge in [0, 0.05) is 10.7 Å². The van der Waals surface area contributed by atoms with Gasteiger partial charge in [0.2, 0.25) is 10.0 Å². The number of benzene rings is 1. The summed E-state index contributed by atoms with van der Waals surface area (Å²) in [5.74, 6) is 0. The third-order valence-electron chi connectivity index (χ3n) is 3.00. The van der Waals surface area contributed by atoms with Gasteiger partial charge in [0.05, 0.1) is 11.9 Å². The lowest BCUT2D eigenvalue weighted by Gasteiger charge is -2.25. The summed E-state index contributed by atoms with van der Waals surface area (Å²) in [5.41, 5.74) is 1.45. The maximum atomic E-state index is 12.1. The molecule has 0 aromatic heterocycles. The molecule has 0 N–H and O–H groups in total. The molecular weight excluding hydrogens is 338 g/mol. The van der Waals surface area contributed by atoms with Crippen LogP contribution in [0, 0.1) is 0 Å². The van der Waals surface area contributed by atoms with Gasteiger partial charge >= 0.3 is 0 Å². The van der Waals surface area contributed by atoms with Crippen LogP contribution in [0.5, 0.6) is 0 Å². The first kappa shape index (κ1) is 17.2. The zero-order valence-corrected chi connectivity index (χ0v) is 14.5. The highest BCUT2D eigenvalue weighted by Gasteiger charge is 2.21. The topological polar surface area (TPSA) is 37.4 Å². The molecule has 1 rings (SSSR count). The summed E-state index contributed by atoms with van der Waals surface area (Å²) >= 11 is 3.31. The second kappa shape index (κ2) is 8.47. The minimum absolute atomic E-state index is 0.677. The molecule has 0 amide bonds. The summed E-state index contributed by atoms with van der Waals surface area (Å²) in [6.07, 6.45) is 6.44. The van der Waals surface area contributed by atoms with Crippen LogP contribution in [-0.4, -0.2) is 14.7 Å². The summed E-state index contributed by atoms with van der Waals surface area (Å²) in [4.78, 5) is 1.72. The highest BCUT2D eigenvalue weighted by atomic mass is 79.9. The summed E-state index contributed by atoms with van der Waals surface area (Å²) in [5, 5.41) is 0. The van der Waals surface area contributed by atoms with Crippen molar-refractivity contribution in [2.75, 3.05) is 10.6 Å². The molecule has 3 nitrogen and oxygen atoms in total. The van der Waals surface area contributed by atoms with Gasteiger partial charge in [-0.05, 0) is 25.0 Å². The third-order valence-corrected chi connectivity index (χ3v) is 4.63. The van der Waals surface area contributed by atoms with Crippen molar-refractivity contribution in [1.82, 2.24) is 0 Å². The van der Waals surface area contributed by atoms with E-state index in [9.17, 15) is 8.42 Å². The number of hydrogen-bond donors (Lipinski definition) is 0. The van der Waals surface area contributed by atoms with Crippen LogP contribution in [0.1, 0.15) is 39.0 Å². The molecule has 20 heavy (non-hydrogen) atoms. The number of unbranched alkanes of at least 4 members (excludes halogenated alkanes) is 3. The van der Waals surface area contributed by atoms with Crippen molar-refractivity contribution < 1.29 is 8.42 Å². The Balaban J connectivity index is 2.93. The number of sulfonamides is 1. The molecular formula is C15H22BrNO2S. The molecule has 0 aliphatic rings. The number of nitrogens with zero attached hydrogens (tertiary/aromatic N) is 1. The Morgan fingerprint density at radius 3 is 2.35 bits per heavy atom. The van der Waals surface area contributed by atoms with Gasteiger partial charge in [-0.3, -0.25) is 0 Å². The highest BCUT2D eigenvalue weighted by molar-refractivity contribution is 9.11. The van der Waals surface area contributed by atoms with Gasteiger partial charge in [-0.15, -0.1) is 0 Å². The fraction of sp³-hybridized carbons (Fsp3) is 0.467. The predicted octanol–water partition coefficient (Wildman–Crippen LogP) is 4.66. The first-order valence-electron chi connectivity index (χ1n) is 6.85. The molecule has 0 saturated carbocycles. The fourth-order valence-corrected chi connectivity index (χ4v) is 3.71. The Kier molecular flexibility index (Phi) is 7.30. The molecule has 1 aromatic carbocycles. The van der Waals surface area contributed by atoms with E-state index in [1.54, 1.807) is 4.99 Å². The van der Waals surface area contributed by atoms with Crippen molar-refractivity contribution in [2.24, 2.45) is 0 Å². The number of halogens is 1. The number of anilines is 1. The average Bonchev–Trinajstić information content (AvgIpc) is 2.41. The van der Waals surface area contributed by atoms with Gasteiger partial charge in [0.15, 0.2) is 0 Å². The Morgan fingerprint density at radius 1 is 1.20 bits per heavy atom. The molecule has 5 heteroatoms. The largest absolute Gasteiger partial charge is 0.242 e. The normalized spacial score (nSPS) is 12.4. The van der Waals surface area contributed by atoms with E-state index in [4.69, 9.17) is 0 Å². The van der Waals surface area contributed by atoms with Crippen LogP contribution in [0.25, 0.3) is 0 Å². The second-order valence-electron chi connectivity index (χ2n) is 4.77. The standard InChI is InChI=1S/C15H22BrNO2S/c1-3-4-5-7-12-15(13-16)17(20(2,18)19)14-10-8-6-9-11-14/h6,8-11,13H,3-5,7,12H2,1-2H3/b15-13-. The van der Waals surface area contributed by atoms with E-state index in [1.165, 1.54) is 23.4 Å². The van der Waals surface area contributed by atoms with Gasteiger partial charge < -0.3 is 0 Å². The Hall–Kier alpha value is -0.810. The van der Waals surface area contributed by atoms with E-state index in [2.05, 4.69) is 22.9 Å². The molecule has 0 atom stereocenters. The molecule has 0 heterocycles. The molecule has 0 aliphatic carbocycles. The molecule has 0 aliphatic heterocycles. The van der Waals surface area contributed by atoms with Crippen LogP contribution < -0.4 is 4.31 Å². The van der Waals surface area contributed by atoms with Crippen molar-refractivity contribution in [3.05, 3.63) is 41.0 Å². The van der Waals surface area contributed by atoms with Crippen molar-refractivity contribution in [2.45, 2.75) is 39.0 Å². The zero-order valence-electron chi connectivity index (χ0n) is 12.0. The molecule has 0 spiro atoms. The quantitative estimate of drug-likeness (QED) is 0.633. The summed E-state index contributed by atoms with van der Waals surface area (Å²) in [6.45, 7) is 2.16. The molecule has 0 bridgehead atoms. The number of hydrogen-bond acceptors (Lipinski definition) is 2. The van der Waals surface area contributed by atoms with E-state index in [0.29, 0.717) is 5.69 Å². The fourth-order valence-electron chi connectivity index (χ4n) is 2.07. The summed E-state index contributed by atoms with van der Waals surface area (Å²) in [6, 6.07) is 9.18. The molecule has 0 unspecified atom stereocenters. The van der Waals surface area contributed by atoms with Crippen LogP contribution in [0.3, 0.4) is 0 Å². The SMILES string of the molecule is CCCCCC/C(=C/Br)N(c1ccccc1)S(C)(=O)=O. The number of para-hydroxylation sites is 1. The van der Waals surface area contributed by atoms with E-state index in [1.807, 2.05) is 30.3 Å². The Morgan fingerprint density at radius 2 is 1.85 bits per heavy atom. The molecule has 1 aromatic rings. The maximum absolute atomic E-state index is 12.1. The van der Waals surface area contributed by atoms with Gasteiger partial charge in [-0.1, -0.05) is 60.3 Å². The summed E-state index contributed by atoms with van der Waals surface area (Å²) < 4.78 is 25.6. The maximum Gasteiger partial charge on any atom is 0.236 e. The zero-order chi connectivity index (χ0) is 15.0. The monoisotopic (exact) mass is 359 g/mol. The van der Waals surface area contributed by atoms with E-state index in [-0.39, 0.29) is 0 Å². The van der Waals surface area contributed by atoms with Gasteiger partial charge in [-0.25, -0.2) is 12.7 Å². The molecule has 0 radical (unpaired) electrons. The van der Waals surface area contributed by atoms with Crippen LogP contribution in [0.4, 0.5) is 5.69 Å². The van der Waals surface area contributed by atoms with Crippen LogP contribution >= 0.6 is 15.9 Å². The highest BCUT2D eigenvalue weighted by Crippen LogP contribution is 2.26. The second-order valence-corrected chi connectivity index (χ2v) is 7.06. The van der Waals surface area contributed by atoms with Gasteiger partial charge in [0.1, 0.15) is 0 Å². The minimum atomic E-state index is -3.34. The minimum Gasteiger partial charge on any atom is -0.242 e. The van der Waals surface area contributed by atoms with E-state index in [0.717, 1.165) is 25.0 Å². The summed E-state index contributed by atoms with van der Waals surface area (Å²) in [7, 11) is -3.34. The smallest absolute Gasteiger partial charge is 0.236 e. The predicted molar refractivity (Wildman–Crippen MR) is 89.5 cm³/mol. The van der Waals surface area contributed by atoms with Crippen molar-refractivity contribution in [1.29, 1.82) is 0 Å². The first-order chi connectivity index (χ1) is 9.50. The van der Waals surface area contributed by atoms with Crippen molar-refractivity contribution in [3.63, 3.8) is 0 Å². The lowest BCUT2D eigenvalue weighted by atomic mass is 10.1. The molecule has 112 valence electrons. The van der Waals surface area contributed by atoms with Crippen LogP contribution in [0.2, 0.25) is 0 Å². The lowest BCUT2D eigenvalue weighted by molar-refractivity contribution is 0.597. The van der Waals surface area contributed by atoms with Crippen molar-refractivity contribution in [3.8, 4) is 0 Å².